The average Bonchev–Trinajstić information content (AvgIpc) is 2.45. The van der Waals surface area contributed by atoms with Crippen LogP contribution >= 0.6 is 0 Å². The first-order chi connectivity index (χ1) is 11.4. The van der Waals surface area contributed by atoms with Gasteiger partial charge in [0.1, 0.15) is 5.75 Å². The van der Waals surface area contributed by atoms with Crippen molar-refractivity contribution in [3.8, 4) is 16.9 Å². The van der Waals surface area contributed by atoms with Gasteiger partial charge in [-0.05, 0) is 54.8 Å². The minimum Gasteiger partial charge on any atom is -0.376 e. The minimum atomic E-state index is -5.74. The van der Waals surface area contributed by atoms with Gasteiger partial charge in [-0.15, -0.1) is 0 Å². The van der Waals surface area contributed by atoms with Gasteiger partial charge in [0.2, 0.25) is 0 Å². The molecule has 0 N–H and O–H groups in total. The van der Waals surface area contributed by atoms with E-state index in [1.165, 1.54) is 18.2 Å². The van der Waals surface area contributed by atoms with Crippen molar-refractivity contribution in [3.63, 3.8) is 0 Å². The smallest absolute Gasteiger partial charge is 0.376 e. The molecule has 2 aromatic carbocycles. The third-order valence-electron chi connectivity index (χ3n) is 3.39. The summed E-state index contributed by atoms with van der Waals surface area (Å²) in [6.07, 6.45) is 0. The van der Waals surface area contributed by atoms with E-state index in [1.807, 2.05) is 0 Å². The van der Waals surface area contributed by atoms with Crippen LogP contribution in [-0.2, 0) is 10.1 Å². The number of hydrogen-bond donors (Lipinski definition) is 0. The number of nitrogens with zero attached hydrogens (tertiary/aromatic N) is 1. The molecule has 0 spiro atoms. The van der Waals surface area contributed by atoms with Crippen LogP contribution in [0.4, 0.5) is 18.9 Å². The first kappa shape index (κ1) is 18.7. The highest BCUT2D eigenvalue weighted by molar-refractivity contribution is 7.88. The van der Waals surface area contributed by atoms with Crippen molar-refractivity contribution in [3.05, 3.63) is 57.6 Å². The van der Waals surface area contributed by atoms with Crippen molar-refractivity contribution < 1.29 is 30.7 Å². The Bertz CT molecular complexity index is 939. The molecule has 0 aliphatic rings. The molecule has 0 saturated carbocycles. The second-order valence-corrected chi connectivity index (χ2v) is 6.76. The molecular formula is C15H12F3NO5S. The van der Waals surface area contributed by atoms with E-state index in [2.05, 4.69) is 4.18 Å². The third kappa shape index (κ3) is 3.90. The zero-order chi connectivity index (χ0) is 19.0. The maximum Gasteiger partial charge on any atom is 0.534 e. The van der Waals surface area contributed by atoms with Crippen molar-refractivity contribution in [1.29, 1.82) is 0 Å². The predicted octanol–water partition coefficient (Wildman–Crippen LogP) is 4.11. The summed E-state index contributed by atoms with van der Waals surface area (Å²) in [5, 5.41) is 10.8. The zero-order valence-corrected chi connectivity index (χ0v) is 13.8. The van der Waals surface area contributed by atoms with E-state index in [1.54, 1.807) is 19.9 Å². The Balaban J connectivity index is 2.38. The average molecular weight is 375 g/mol. The van der Waals surface area contributed by atoms with Gasteiger partial charge in [-0.25, -0.2) is 0 Å². The van der Waals surface area contributed by atoms with Crippen molar-refractivity contribution in [1.82, 2.24) is 0 Å². The van der Waals surface area contributed by atoms with E-state index >= 15 is 0 Å². The maximum absolute atomic E-state index is 12.3. The molecule has 0 heterocycles. The van der Waals surface area contributed by atoms with Crippen LogP contribution in [0, 0.1) is 24.0 Å². The number of nitro groups is 1. The molecule has 2 rings (SSSR count). The van der Waals surface area contributed by atoms with Crippen molar-refractivity contribution in [2.45, 2.75) is 19.4 Å². The number of aryl methyl sites for hydroxylation is 2. The quantitative estimate of drug-likeness (QED) is 0.347. The zero-order valence-electron chi connectivity index (χ0n) is 13.0. The lowest BCUT2D eigenvalue weighted by Gasteiger charge is -2.12. The third-order valence-corrected chi connectivity index (χ3v) is 4.37. The lowest BCUT2D eigenvalue weighted by atomic mass is 9.98. The largest absolute Gasteiger partial charge is 0.534 e. The summed E-state index contributed by atoms with van der Waals surface area (Å²) in [7, 11) is -5.74. The molecule has 0 radical (unpaired) electrons. The van der Waals surface area contributed by atoms with E-state index in [9.17, 15) is 31.7 Å². The van der Waals surface area contributed by atoms with Crippen LogP contribution in [0.5, 0.6) is 5.75 Å². The van der Waals surface area contributed by atoms with Gasteiger partial charge < -0.3 is 4.18 Å². The molecule has 0 aliphatic carbocycles. The van der Waals surface area contributed by atoms with E-state index in [-0.39, 0.29) is 5.69 Å². The van der Waals surface area contributed by atoms with Gasteiger partial charge in [0.05, 0.1) is 4.92 Å². The lowest BCUT2D eigenvalue weighted by Crippen LogP contribution is -2.28. The summed E-state index contributed by atoms with van der Waals surface area (Å²) in [6.45, 7) is 3.11. The van der Waals surface area contributed by atoms with Gasteiger partial charge in [0.25, 0.3) is 5.69 Å². The van der Waals surface area contributed by atoms with Gasteiger partial charge in [-0.1, -0.05) is 6.07 Å². The van der Waals surface area contributed by atoms with Gasteiger partial charge >= 0.3 is 15.6 Å². The second kappa shape index (κ2) is 6.36. The summed E-state index contributed by atoms with van der Waals surface area (Å²) >= 11 is 0. The number of hydrogen-bond acceptors (Lipinski definition) is 5. The van der Waals surface area contributed by atoms with Gasteiger partial charge in [-0.2, -0.15) is 21.6 Å². The fraction of sp³-hybridized carbons (Fsp3) is 0.200. The molecule has 0 atom stereocenters. The van der Waals surface area contributed by atoms with Crippen LogP contribution in [0.2, 0.25) is 0 Å². The van der Waals surface area contributed by atoms with Gasteiger partial charge in [0.15, 0.2) is 0 Å². The fourth-order valence-electron chi connectivity index (χ4n) is 2.21. The molecular weight excluding hydrogens is 363 g/mol. The number of rotatable bonds is 4. The molecule has 10 heteroatoms. The van der Waals surface area contributed by atoms with E-state index in [4.69, 9.17) is 0 Å². The molecule has 0 amide bonds. The summed E-state index contributed by atoms with van der Waals surface area (Å²) in [6, 6.07) is 8.01. The SMILES string of the molecule is Cc1cc(OS(=O)(=O)C(F)(F)F)ccc1-c1ccc([N+](=O)[O-])c(C)c1. The molecule has 0 bridgehead atoms. The number of benzene rings is 2. The van der Waals surface area contributed by atoms with Crippen LogP contribution in [0.25, 0.3) is 11.1 Å². The summed E-state index contributed by atoms with van der Waals surface area (Å²) < 4.78 is 63.1. The van der Waals surface area contributed by atoms with Crippen LogP contribution in [0.3, 0.4) is 0 Å². The fourth-order valence-corrected chi connectivity index (χ4v) is 2.67. The monoisotopic (exact) mass is 375 g/mol. The Morgan fingerprint density at radius 3 is 2.16 bits per heavy atom. The van der Waals surface area contributed by atoms with Gasteiger partial charge in [0, 0.05) is 11.6 Å². The standard InChI is InChI=1S/C15H12F3NO5S/c1-9-8-12(24-25(22,23)15(16,17)18)4-5-13(9)11-3-6-14(19(20)21)10(2)7-11/h3-8H,1-2H3. The highest BCUT2D eigenvalue weighted by Gasteiger charge is 2.48. The molecule has 0 unspecified atom stereocenters. The molecule has 0 fully saturated rings. The van der Waals surface area contributed by atoms with Gasteiger partial charge in [-0.3, -0.25) is 10.1 Å². The Morgan fingerprint density at radius 1 is 1.04 bits per heavy atom. The number of halogens is 3. The number of nitro benzene ring substituents is 1. The summed E-state index contributed by atoms with van der Waals surface area (Å²) in [5.41, 5.74) is -3.53. The molecule has 0 aromatic heterocycles. The first-order valence-electron chi connectivity index (χ1n) is 6.79. The Labute approximate surface area is 141 Å². The Morgan fingerprint density at radius 2 is 1.68 bits per heavy atom. The first-order valence-corrected chi connectivity index (χ1v) is 8.20. The molecule has 2 aromatic rings. The molecule has 134 valence electrons. The van der Waals surface area contributed by atoms with E-state index < -0.39 is 26.3 Å². The molecule has 0 aliphatic heterocycles. The summed E-state index contributed by atoms with van der Waals surface area (Å²) in [5.74, 6) is -0.475. The topological polar surface area (TPSA) is 86.5 Å². The van der Waals surface area contributed by atoms with E-state index in [0.717, 1.165) is 12.1 Å². The second-order valence-electron chi connectivity index (χ2n) is 5.22. The van der Waals surface area contributed by atoms with Crippen LogP contribution in [0.1, 0.15) is 11.1 Å². The minimum absolute atomic E-state index is 0.0578. The van der Waals surface area contributed by atoms with Crippen molar-refractivity contribution >= 4 is 15.8 Å². The Hall–Kier alpha value is -2.62. The molecule has 0 saturated heterocycles. The highest BCUT2D eigenvalue weighted by Crippen LogP contribution is 2.32. The lowest BCUT2D eigenvalue weighted by molar-refractivity contribution is -0.385. The van der Waals surface area contributed by atoms with Crippen molar-refractivity contribution in [2.75, 3.05) is 0 Å². The number of alkyl halides is 3. The normalized spacial score (nSPS) is 12.0. The maximum atomic E-state index is 12.3. The van der Waals surface area contributed by atoms with Crippen molar-refractivity contribution in [2.24, 2.45) is 0 Å². The highest BCUT2D eigenvalue weighted by atomic mass is 32.2. The van der Waals surface area contributed by atoms with Crippen LogP contribution in [0.15, 0.2) is 36.4 Å². The van der Waals surface area contributed by atoms with Crippen LogP contribution < -0.4 is 4.18 Å². The summed E-state index contributed by atoms with van der Waals surface area (Å²) in [4.78, 5) is 10.3. The molecule has 25 heavy (non-hydrogen) atoms. The molecule has 6 nitrogen and oxygen atoms in total. The van der Waals surface area contributed by atoms with E-state index in [0.29, 0.717) is 22.3 Å². The van der Waals surface area contributed by atoms with Crippen LogP contribution in [-0.4, -0.2) is 18.8 Å². The Kier molecular flexibility index (Phi) is 4.76. The predicted molar refractivity (Wildman–Crippen MR) is 83.6 cm³/mol.